The zero-order chi connectivity index (χ0) is 20.5. The van der Waals surface area contributed by atoms with Crippen LogP contribution in [0.15, 0.2) is 51.7 Å². The summed E-state index contributed by atoms with van der Waals surface area (Å²) in [4.78, 5) is 28.9. The highest BCUT2D eigenvalue weighted by atomic mass is 16.7. The summed E-state index contributed by atoms with van der Waals surface area (Å²) >= 11 is 0. The predicted molar refractivity (Wildman–Crippen MR) is 110 cm³/mol. The van der Waals surface area contributed by atoms with E-state index in [0.29, 0.717) is 25.2 Å². The van der Waals surface area contributed by atoms with Gasteiger partial charge in [0.25, 0.3) is 0 Å². The Bertz CT molecular complexity index is 1130. The molecule has 1 aromatic heterocycles. The second-order valence-corrected chi connectivity index (χ2v) is 7.58. The van der Waals surface area contributed by atoms with Crippen molar-refractivity contribution in [2.45, 2.75) is 19.5 Å². The van der Waals surface area contributed by atoms with Crippen molar-refractivity contribution in [2.24, 2.45) is 0 Å². The first kappa shape index (κ1) is 18.7. The average molecular weight is 409 g/mol. The smallest absolute Gasteiger partial charge is 0.419 e. The predicted octanol–water partition coefficient (Wildman–Crippen LogP) is 2.06. The van der Waals surface area contributed by atoms with Crippen molar-refractivity contribution in [1.82, 2.24) is 14.4 Å². The largest absolute Gasteiger partial charge is 0.454 e. The Hall–Kier alpha value is -3.26. The lowest BCUT2D eigenvalue weighted by atomic mass is 10.1. The van der Waals surface area contributed by atoms with Gasteiger partial charge in [-0.3, -0.25) is 14.3 Å². The molecule has 0 saturated carbocycles. The minimum Gasteiger partial charge on any atom is -0.454 e. The molecule has 2 aliphatic heterocycles. The maximum Gasteiger partial charge on any atom is 0.419 e. The molecular weight excluding hydrogens is 386 g/mol. The lowest BCUT2D eigenvalue weighted by Gasteiger charge is -2.34. The number of ether oxygens (including phenoxy) is 2. The molecule has 0 atom stereocenters. The molecule has 156 valence electrons. The van der Waals surface area contributed by atoms with Crippen LogP contribution in [0.3, 0.4) is 0 Å². The molecule has 0 spiro atoms. The average Bonchev–Trinajstić information content (AvgIpc) is 3.35. The Morgan fingerprint density at radius 2 is 1.77 bits per heavy atom. The highest BCUT2D eigenvalue weighted by Gasteiger charge is 2.22. The van der Waals surface area contributed by atoms with Crippen LogP contribution in [0.25, 0.3) is 11.1 Å². The maximum absolute atomic E-state index is 12.7. The summed E-state index contributed by atoms with van der Waals surface area (Å²) in [5.74, 6) is 1.23. The highest BCUT2D eigenvalue weighted by molar-refractivity contribution is 5.77. The van der Waals surface area contributed by atoms with Gasteiger partial charge in [-0.05, 0) is 29.8 Å². The number of benzene rings is 2. The zero-order valence-electron chi connectivity index (χ0n) is 16.6. The van der Waals surface area contributed by atoms with Gasteiger partial charge in [0.05, 0.1) is 5.52 Å². The number of para-hydroxylation sites is 2. The molecule has 3 aromatic rings. The summed E-state index contributed by atoms with van der Waals surface area (Å²) < 4.78 is 17.6. The number of aryl methyl sites for hydroxylation is 1. The standard InChI is InChI=1S/C22H23N3O5/c26-21(7-8-25-17-3-1-2-4-18(17)30-22(25)27)24-11-9-23(10-12-24)14-16-5-6-19-20(13-16)29-15-28-19/h1-6,13H,7-12,14-15H2. The van der Waals surface area contributed by atoms with Gasteiger partial charge in [-0.2, -0.15) is 0 Å². The molecule has 0 N–H and O–H groups in total. The number of amides is 1. The number of carbonyl (C=O) groups excluding carboxylic acids is 1. The first-order valence-electron chi connectivity index (χ1n) is 10.1. The Morgan fingerprint density at radius 1 is 0.967 bits per heavy atom. The lowest BCUT2D eigenvalue weighted by molar-refractivity contribution is -0.133. The molecule has 30 heavy (non-hydrogen) atoms. The van der Waals surface area contributed by atoms with Crippen molar-refractivity contribution < 1.29 is 18.7 Å². The van der Waals surface area contributed by atoms with Gasteiger partial charge in [0, 0.05) is 45.7 Å². The quantitative estimate of drug-likeness (QED) is 0.642. The maximum atomic E-state index is 12.7. The van der Waals surface area contributed by atoms with Gasteiger partial charge in [0.1, 0.15) is 0 Å². The van der Waals surface area contributed by atoms with Crippen LogP contribution in [0.1, 0.15) is 12.0 Å². The fraction of sp³-hybridized carbons (Fsp3) is 0.364. The van der Waals surface area contributed by atoms with Gasteiger partial charge in [0.2, 0.25) is 12.7 Å². The van der Waals surface area contributed by atoms with Crippen molar-refractivity contribution in [3.8, 4) is 11.5 Å². The van der Waals surface area contributed by atoms with E-state index in [1.807, 2.05) is 35.2 Å². The van der Waals surface area contributed by atoms with E-state index in [4.69, 9.17) is 13.9 Å². The Kier molecular flexibility index (Phi) is 4.92. The van der Waals surface area contributed by atoms with E-state index in [2.05, 4.69) is 11.0 Å². The number of nitrogens with zero attached hydrogens (tertiary/aromatic N) is 3. The van der Waals surface area contributed by atoms with Gasteiger partial charge in [-0.15, -0.1) is 0 Å². The zero-order valence-corrected chi connectivity index (χ0v) is 16.6. The van der Waals surface area contributed by atoms with Gasteiger partial charge >= 0.3 is 5.76 Å². The molecule has 8 nitrogen and oxygen atoms in total. The molecule has 0 radical (unpaired) electrons. The monoisotopic (exact) mass is 409 g/mol. The topological polar surface area (TPSA) is 77.2 Å². The van der Waals surface area contributed by atoms with Crippen molar-refractivity contribution >= 4 is 17.0 Å². The Labute approximate surface area is 173 Å². The highest BCUT2D eigenvalue weighted by Crippen LogP contribution is 2.32. The molecule has 1 saturated heterocycles. The van der Waals surface area contributed by atoms with Gasteiger partial charge in [-0.1, -0.05) is 18.2 Å². The van der Waals surface area contributed by atoms with Gasteiger partial charge in [0.15, 0.2) is 17.1 Å². The van der Waals surface area contributed by atoms with E-state index in [1.54, 1.807) is 6.07 Å². The SMILES string of the molecule is O=C(CCn1c(=O)oc2ccccc21)N1CCN(Cc2ccc3c(c2)OCO3)CC1. The number of oxazole rings is 1. The van der Waals surface area contributed by atoms with Crippen LogP contribution in [0.2, 0.25) is 0 Å². The number of piperazine rings is 1. The molecule has 2 aliphatic rings. The lowest BCUT2D eigenvalue weighted by Crippen LogP contribution is -2.48. The second kappa shape index (κ2) is 7.87. The van der Waals surface area contributed by atoms with Crippen LogP contribution in [0, 0.1) is 0 Å². The molecule has 1 amide bonds. The van der Waals surface area contributed by atoms with Crippen LogP contribution in [-0.4, -0.2) is 53.2 Å². The number of carbonyl (C=O) groups is 1. The second-order valence-electron chi connectivity index (χ2n) is 7.58. The van der Waals surface area contributed by atoms with Crippen LogP contribution in [-0.2, 0) is 17.9 Å². The van der Waals surface area contributed by atoms with E-state index in [9.17, 15) is 9.59 Å². The minimum absolute atomic E-state index is 0.0647. The van der Waals surface area contributed by atoms with Crippen LogP contribution < -0.4 is 15.2 Å². The van der Waals surface area contributed by atoms with Gasteiger partial charge in [-0.25, -0.2) is 4.79 Å². The molecular formula is C22H23N3O5. The van der Waals surface area contributed by atoms with E-state index < -0.39 is 5.76 Å². The first-order valence-corrected chi connectivity index (χ1v) is 10.1. The molecule has 5 rings (SSSR count). The number of hydrogen-bond acceptors (Lipinski definition) is 6. The molecule has 2 aromatic carbocycles. The van der Waals surface area contributed by atoms with Crippen molar-refractivity contribution in [2.75, 3.05) is 33.0 Å². The van der Waals surface area contributed by atoms with E-state index in [-0.39, 0.29) is 19.1 Å². The van der Waals surface area contributed by atoms with Crippen molar-refractivity contribution in [3.05, 3.63) is 58.6 Å². The Balaban J connectivity index is 1.14. The molecule has 0 aliphatic carbocycles. The summed E-state index contributed by atoms with van der Waals surface area (Å²) in [6, 6.07) is 13.3. The van der Waals surface area contributed by atoms with Crippen LogP contribution in [0.4, 0.5) is 0 Å². The summed E-state index contributed by atoms with van der Waals surface area (Å²) in [6.45, 7) is 4.42. The van der Waals surface area contributed by atoms with Crippen molar-refractivity contribution in [3.63, 3.8) is 0 Å². The first-order chi connectivity index (χ1) is 14.7. The molecule has 0 bridgehead atoms. The molecule has 3 heterocycles. The molecule has 1 fully saturated rings. The summed E-state index contributed by atoms with van der Waals surface area (Å²) in [6.07, 6.45) is 0.283. The summed E-state index contributed by atoms with van der Waals surface area (Å²) in [5, 5.41) is 0. The molecule has 0 unspecified atom stereocenters. The Morgan fingerprint density at radius 3 is 2.63 bits per heavy atom. The van der Waals surface area contributed by atoms with Crippen LogP contribution in [0.5, 0.6) is 11.5 Å². The third kappa shape index (κ3) is 3.66. The molecule has 8 heteroatoms. The number of fused-ring (bicyclic) bond motifs is 2. The van der Waals surface area contributed by atoms with Crippen LogP contribution >= 0.6 is 0 Å². The van der Waals surface area contributed by atoms with E-state index in [1.165, 1.54) is 10.1 Å². The third-order valence-corrected chi connectivity index (χ3v) is 5.69. The van der Waals surface area contributed by atoms with E-state index >= 15 is 0 Å². The minimum atomic E-state index is -0.419. The van der Waals surface area contributed by atoms with Gasteiger partial charge < -0.3 is 18.8 Å². The van der Waals surface area contributed by atoms with Crippen molar-refractivity contribution in [1.29, 1.82) is 0 Å². The third-order valence-electron chi connectivity index (χ3n) is 5.69. The summed E-state index contributed by atoms with van der Waals surface area (Å²) in [7, 11) is 0. The normalized spacial score (nSPS) is 16.3. The number of aromatic nitrogens is 1. The fourth-order valence-electron chi connectivity index (χ4n) is 4.04. The number of rotatable bonds is 5. The number of hydrogen-bond donors (Lipinski definition) is 0. The summed E-state index contributed by atoms with van der Waals surface area (Å²) in [5.41, 5.74) is 2.45. The van der Waals surface area contributed by atoms with E-state index in [0.717, 1.165) is 36.6 Å². The fourth-order valence-corrected chi connectivity index (χ4v) is 4.04.